The van der Waals surface area contributed by atoms with E-state index >= 15 is 0 Å². The van der Waals surface area contributed by atoms with E-state index < -0.39 is 0 Å². The molecule has 0 aromatic heterocycles. The molecule has 0 atom stereocenters. The molecule has 21 heavy (non-hydrogen) atoms. The molecule has 0 aliphatic heterocycles. The lowest BCUT2D eigenvalue weighted by molar-refractivity contribution is 0.411. The molecule has 0 bridgehead atoms. The zero-order valence-corrected chi connectivity index (χ0v) is 14.6. The van der Waals surface area contributed by atoms with Crippen LogP contribution in [0.2, 0.25) is 0 Å². The lowest BCUT2D eigenvalue weighted by Gasteiger charge is -2.14. The van der Waals surface area contributed by atoms with Gasteiger partial charge < -0.3 is 9.47 Å². The Morgan fingerprint density at radius 1 is 0.619 bits per heavy atom. The second kappa shape index (κ2) is 6.49. The molecule has 0 heterocycles. The summed E-state index contributed by atoms with van der Waals surface area (Å²) in [6, 6.07) is 8.74. The molecule has 0 aliphatic carbocycles. The molecular formula is C18H23O2P. The minimum atomic E-state index is 0.652. The lowest BCUT2D eigenvalue weighted by Crippen LogP contribution is -2.11. The maximum absolute atomic E-state index is 5.39. The standard InChI is InChI=1S/C18H23O2P/c1-11-9-17(13(3)7-15(11)19-5)21-18-10-12(2)16(20-6)8-14(18)4/h7-10,21H,1-6H3. The third-order valence-corrected chi connectivity index (χ3v) is 5.37. The quantitative estimate of drug-likeness (QED) is 0.804. The molecule has 0 N–H and O–H groups in total. The largest absolute Gasteiger partial charge is 0.496 e. The van der Waals surface area contributed by atoms with Crippen LogP contribution in [0.1, 0.15) is 22.3 Å². The van der Waals surface area contributed by atoms with Crippen molar-refractivity contribution in [3.8, 4) is 11.5 Å². The predicted octanol–water partition coefficient (Wildman–Crippen LogP) is 3.57. The number of methoxy groups -OCH3 is 2. The van der Waals surface area contributed by atoms with E-state index in [-0.39, 0.29) is 0 Å². The highest BCUT2D eigenvalue weighted by Crippen LogP contribution is 2.26. The van der Waals surface area contributed by atoms with E-state index in [9.17, 15) is 0 Å². The molecule has 0 fully saturated rings. The van der Waals surface area contributed by atoms with Gasteiger partial charge in [0.2, 0.25) is 0 Å². The molecule has 0 radical (unpaired) electrons. The molecule has 0 spiro atoms. The van der Waals surface area contributed by atoms with Crippen LogP contribution in [0.4, 0.5) is 0 Å². The van der Waals surface area contributed by atoms with Crippen molar-refractivity contribution in [2.75, 3.05) is 14.2 Å². The molecule has 0 amide bonds. The normalized spacial score (nSPS) is 10.6. The molecule has 0 saturated heterocycles. The van der Waals surface area contributed by atoms with Crippen molar-refractivity contribution in [3.63, 3.8) is 0 Å². The molecule has 2 aromatic rings. The van der Waals surface area contributed by atoms with Crippen molar-refractivity contribution in [2.45, 2.75) is 27.7 Å². The monoisotopic (exact) mass is 302 g/mol. The van der Waals surface area contributed by atoms with Crippen molar-refractivity contribution < 1.29 is 9.47 Å². The summed E-state index contributed by atoms with van der Waals surface area (Å²) < 4.78 is 10.8. The zero-order chi connectivity index (χ0) is 15.6. The molecule has 2 rings (SSSR count). The molecule has 0 aliphatic rings. The van der Waals surface area contributed by atoms with Gasteiger partial charge in [-0.05, 0) is 84.8 Å². The zero-order valence-electron chi connectivity index (χ0n) is 13.6. The number of ether oxygens (including phenoxy) is 2. The number of rotatable bonds is 4. The van der Waals surface area contributed by atoms with E-state index in [4.69, 9.17) is 9.47 Å². The maximum Gasteiger partial charge on any atom is 0.122 e. The maximum atomic E-state index is 5.39. The third-order valence-electron chi connectivity index (χ3n) is 3.75. The second-order valence-electron chi connectivity index (χ2n) is 5.40. The SMILES string of the molecule is COc1cc(C)c(Pc2cc(C)c(OC)cc2C)cc1C. The van der Waals surface area contributed by atoms with Gasteiger partial charge in [-0.1, -0.05) is 8.58 Å². The van der Waals surface area contributed by atoms with E-state index in [1.54, 1.807) is 14.2 Å². The first kappa shape index (κ1) is 15.9. The summed E-state index contributed by atoms with van der Waals surface area (Å²) in [5, 5.41) is 2.75. The van der Waals surface area contributed by atoms with Crippen molar-refractivity contribution >= 4 is 19.2 Å². The van der Waals surface area contributed by atoms with Crippen molar-refractivity contribution in [1.82, 2.24) is 0 Å². The first-order chi connectivity index (χ1) is 9.96. The Morgan fingerprint density at radius 3 is 1.33 bits per heavy atom. The molecular weight excluding hydrogens is 279 g/mol. The van der Waals surface area contributed by atoms with E-state index in [0.29, 0.717) is 8.58 Å². The van der Waals surface area contributed by atoms with Gasteiger partial charge in [0, 0.05) is 0 Å². The number of hydrogen-bond donors (Lipinski definition) is 0. The van der Waals surface area contributed by atoms with Gasteiger partial charge in [-0.25, -0.2) is 0 Å². The van der Waals surface area contributed by atoms with Gasteiger partial charge >= 0.3 is 0 Å². The summed E-state index contributed by atoms with van der Waals surface area (Å²) >= 11 is 0. The van der Waals surface area contributed by atoms with E-state index in [1.165, 1.54) is 32.9 Å². The first-order valence-electron chi connectivity index (χ1n) is 7.03. The Balaban J connectivity index is 2.39. The predicted molar refractivity (Wildman–Crippen MR) is 92.5 cm³/mol. The van der Waals surface area contributed by atoms with Crippen molar-refractivity contribution in [2.24, 2.45) is 0 Å². The summed E-state index contributed by atoms with van der Waals surface area (Å²) in [4.78, 5) is 0. The van der Waals surface area contributed by atoms with Crippen LogP contribution < -0.4 is 20.1 Å². The van der Waals surface area contributed by atoms with Gasteiger partial charge in [-0.2, -0.15) is 0 Å². The van der Waals surface area contributed by atoms with E-state index in [2.05, 4.69) is 52.0 Å². The Labute approximate surface area is 129 Å². The van der Waals surface area contributed by atoms with Crippen LogP contribution in [-0.2, 0) is 0 Å². The minimum Gasteiger partial charge on any atom is -0.496 e. The van der Waals surface area contributed by atoms with Gasteiger partial charge in [0.25, 0.3) is 0 Å². The lowest BCUT2D eigenvalue weighted by atomic mass is 10.1. The van der Waals surface area contributed by atoms with Gasteiger partial charge in [-0.15, -0.1) is 0 Å². The molecule has 2 nitrogen and oxygen atoms in total. The number of hydrogen-bond acceptors (Lipinski definition) is 2. The van der Waals surface area contributed by atoms with Crippen LogP contribution in [0.5, 0.6) is 11.5 Å². The average Bonchev–Trinajstić information content (AvgIpc) is 2.45. The summed E-state index contributed by atoms with van der Waals surface area (Å²) in [5.74, 6) is 1.92. The Bertz CT molecular complexity index is 605. The smallest absolute Gasteiger partial charge is 0.122 e. The van der Waals surface area contributed by atoms with Gasteiger partial charge in [0.15, 0.2) is 0 Å². The van der Waals surface area contributed by atoms with Crippen LogP contribution in [0.25, 0.3) is 0 Å². The topological polar surface area (TPSA) is 18.5 Å². The van der Waals surface area contributed by atoms with Gasteiger partial charge in [0.05, 0.1) is 14.2 Å². The fraction of sp³-hybridized carbons (Fsp3) is 0.333. The Hall–Kier alpha value is -1.53. The van der Waals surface area contributed by atoms with E-state index in [0.717, 1.165) is 11.5 Å². The molecule has 112 valence electrons. The van der Waals surface area contributed by atoms with Gasteiger partial charge in [0.1, 0.15) is 11.5 Å². The van der Waals surface area contributed by atoms with Crippen LogP contribution in [0.3, 0.4) is 0 Å². The summed E-state index contributed by atoms with van der Waals surface area (Å²) in [6.45, 7) is 8.49. The van der Waals surface area contributed by atoms with Crippen LogP contribution >= 0.6 is 8.58 Å². The first-order valence-corrected chi connectivity index (χ1v) is 8.03. The van der Waals surface area contributed by atoms with Crippen LogP contribution in [0, 0.1) is 27.7 Å². The van der Waals surface area contributed by atoms with Gasteiger partial charge in [-0.3, -0.25) is 0 Å². The summed E-state index contributed by atoms with van der Waals surface area (Å²) in [5.41, 5.74) is 4.94. The Morgan fingerprint density at radius 2 is 1.00 bits per heavy atom. The molecule has 3 heteroatoms. The van der Waals surface area contributed by atoms with E-state index in [1.807, 2.05) is 0 Å². The second-order valence-corrected chi connectivity index (χ2v) is 6.73. The van der Waals surface area contributed by atoms with Crippen molar-refractivity contribution in [3.05, 3.63) is 46.5 Å². The minimum absolute atomic E-state index is 0.652. The number of benzene rings is 2. The van der Waals surface area contributed by atoms with Crippen LogP contribution in [0.15, 0.2) is 24.3 Å². The summed E-state index contributed by atoms with van der Waals surface area (Å²) in [7, 11) is 4.10. The Kier molecular flexibility index (Phi) is 4.90. The molecule has 0 unspecified atom stereocenters. The fourth-order valence-electron chi connectivity index (χ4n) is 2.43. The highest BCUT2D eigenvalue weighted by Gasteiger charge is 2.09. The van der Waals surface area contributed by atoms with Crippen LogP contribution in [-0.4, -0.2) is 14.2 Å². The fourth-order valence-corrected chi connectivity index (χ4v) is 3.84. The van der Waals surface area contributed by atoms with Crippen molar-refractivity contribution in [1.29, 1.82) is 0 Å². The highest BCUT2D eigenvalue weighted by molar-refractivity contribution is 7.55. The molecule has 2 aromatic carbocycles. The molecule has 0 saturated carbocycles. The summed E-state index contributed by atoms with van der Waals surface area (Å²) in [6.07, 6.45) is 0. The highest BCUT2D eigenvalue weighted by atomic mass is 31.1. The third kappa shape index (κ3) is 3.39. The number of aryl methyl sites for hydroxylation is 4. The average molecular weight is 302 g/mol.